The molecule has 2 rings (SSSR count). The molecule has 0 aromatic carbocycles. The minimum absolute atomic E-state index is 0.307. The Hall–Kier alpha value is 0.740. The van der Waals surface area contributed by atoms with E-state index >= 15 is 0 Å². The van der Waals surface area contributed by atoms with Crippen LogP contribution in [0.5, 0.6) is 0 Å². The summed E-state index contributed by atoms with van der Waals surface area (Å²) in [7, 11) is 0. The average molecular weight is 374 g/mol. The number of rotatable bonds is 2. The van der Waals surface area contributed by atoms with Crippen molar-refractivity contribution in [1.82, 2.24) is 0 Å². The van der Waals surface area contributed by atoms with E-state index in [9.17, 15) is 0 Å². The highest BCUT2D eigenvalue weighted by atomic mass is 32.5. The quantitative estimate of drug-likeness (QED) is 0.415. The standard InChI is InChI=1S/C7H8N2O4P2S4/c16-5-8-14(18)10-1-7(2-11-14)3-12-15(19,9-6-17)13-4-7/h1-4H2. The first-order valence-corrected chi connectivity index (χ1v) is 10.9. The van der Waals surface area contributed by atoms with E-state index in [4.69, 9.17) is 41.7 Å². The van der Waals surface area contributed by atoms with Gasteiger partial charge in [-0.2, -0.15) is 0 Å². The van der Waals surface area contributed by atoms with Crippen LogP contribution in [-0.4, -0.2) is 36.8 Å². The first kappa shape index (κ1) is 16.1. The summed E-state index contributed by atoms with van der Waals surface area (Å²) in [6, 6.07) is 0. The van der Waals surface area contributed by atoms with Crippen LogP contribution in [0.15, 0.2) is 9.53 Å². The molecule has 0 amide bonds. The van der Waals surface area contributed by atoms with Crippen LogP contribution in [0, 0.1) is 5.41 Å². The molecule has 0 aliphatic carbocycles. The van der Waals surface area contributed by atoms with Gasteiger partial charge in [0, 0.05) is 0 Å². The highest BCUT2D eigenvalue weighted by molar-refractivity contribution is 8.09. The summed E-state index contributed by atoms with van der Waals surface area (Å²) in [5.74, 6) is 0. The monoisotopic (exact) mass is 374 g/mol. The van der Waals surface area contributed by atoms with Crippen molar-refractivity contribution < 1.29 is 18.1 Å². The predicted octanol–water partition coefficient (Wildman–Crippen LogP) is 2.72. The minimum atomic E-state index is -2.69. The smallest absolute Gasteiger partial charge is 0.311 e. The lowest BCUT2D eigenvalue weighted by Gasteiger charge is -2.42. The Morgan fingerprint density at radius 1 is 0.789 bits per heavy atom. The van der Waals surface area contributed by atoms with Crippen LogP contribution in [-0.2, 0) is 41.7 Å². The molecule has 104 valence electrons. The second-order valence-corrected chi connectivity index (χ2v) is 10.4. The van der Waals surface area contributed by atoms with Crippen LogP contribution >= 0.6 is 37.7 Å². The number of thiocarbonyl (C=S) groups is 2. The fourth-order valence-electron chi connectivity index (χ4n) is 1.41. The Morgan fingerprint density at radius 3 is 1.37 bits per heavy atom. The second-order valence-electron chi connectivity index (χ2n) is 3.91. The molecule has 6 nitrogen and oxygen atoms in total. The molecule has 0 N–H and O–H groups in total. The number of isothiocyanates is 2. The molecule has 0 unspecified atom stereocenters. The van der Waals surface area contributed by atoms with Gasteiger partial charge in [0.25, 0.3) is 0 Å². The first-order valence-electron chi connectivity index (χ1n) is 4.92. The molecule has 2 fully saturated rings. The van der Waals surface area contributed by atoms with Gasteiger partial charge in [0.15, 0.2) is 0 Å². The Bertz CT molecular complexity index is 494. The highest BCUT2D eigenvalue weighted by Crippen LogP contribution is 2.60. The summed E-state index contributed by atoms with van der Waals surface area (Å²) in [6.45, 7) is -4.15. The fourth-order valence-corrected chi connectivity index (χ4v) is 5.57. The Kier molecular flexibility index (Phi) is 5.29. The van der Waals surface area contributed by atoms with E-state index in [1.807, 2.05) is 0 Å². The topological polar surface area (TPSA) is 61.6 Å². The molecule has 2 saturated heterocycles. The van der Waals surface area contributed by atoms with Crippen LogP contribution in [0.1, 0.15) is 0 Å². The SMILES string of the molecule is S=C=NP1(=S)OCC2(CO1)COP(=S)(N=C=S)OC2. The summed E-state index contributed by atoms with van der Waals surface area (Å²) in [5.41, 5.74) is -0.446. The Labute approximate surface area is 131 Å². The Balaban J connectivity index is 2.03. The number of hydrogen-bond acceptors (Lipinski definition) is 8. The normalized spacial score (nSPS) is 42.1. The predicted molar refractivity (Wildman–Crippen MR) is 84.9 cm³/mol. The van der Waals surface area contributed by atoms with Crippen LogP contribution in [0.25, 0.3) is 0 Å². The van der Waals surface area contributed by atoms with Crippen molar-refractivity contribution in [2.45, 2.75) is 0 Å². The largest absolute Gasteiger partial charge is 0.317 e. The van der Waals surface area contributed by atoms with Gasteiger partial charge in [-0.3, -0.25) is 0 Å². The minimum Gasteiger partial charge on any atom is -0.311 e. The summed E-state index contributed by atoms with van der Waals surface area (Å²) < 4.78 is 29.5. The van der Waals surface area contributed by atoms with Crippen molar-refractivity contribution in [2.75, 3.05) is 26.4 Å². The fraction of sp³-hybridized carbons (Fsp3) is 0.714. The molecule has 0 atom stereocenters. The molecule has 12 heteroatoms. The zero-order valence-electron chi connectivity index (χ0n) is 9.38. The van der Waals surface area contributed by atoms with E-state index in [0.29, 0.717) is 26.4 Å². The van der Waals surface area contributed by atoms with Crippen LogP contribution in [0.4, 0.5) is 0 Å². The van der Waals surface area contributed by atoms with E-state index < -0.39 is 18.7 Å². The van der Waals surface area contributed by atoms with Gasteiger partial charge in [-0.15, -0.1) is 9.53 Å². The van der Waals surface area contributed by atoms with Crippen molar-refractivity contribution in [2.24, 2.45) is 14.9 Å². The van der Waals surface area contributed by atoms with Crippen molar-refractivity contribution in [3.63, 3.8) is 0 Å². The molecule has 0 aromatic heterocycles. The van der Waals surface area contributed by atoms with E-state index in [2.05, 4.69) is 44.3 Å². The average Bonchev–Trinajstić information content (AvgIpc) is 2.38. The van der Waals surface area contributed by atoms with E-state index in [1.165, 1.54) is 0 Å². The molecule has 2 aliphatic rings. The van der Waals surface area contributed by atoms with Gasteiger partial charge in [-0.05, 0) is 48.0 Å². The third-order valence-corrected chi connectivity index (χ3v) is 7.18. The van der Waals surface area contributed by atoms with Gasteiger partial charge in [0.05, 0.1) is 42.2 Å². The number of nitrogens with zero attached hydrogens (tertiary/aromatic N) is 2. The first-order chi connectivity index (χ1) is 8.95. The molecule has 0 bridgehead atoms. The van der Waals surface area contributed by atoms with Gasteiger partial charge >= 0.3 is 13.3 Å². The molecular weight excluding hydrogens is 366 g/mol. The summed E-state index contributed by atoms with van der Waals surface area (Å²) in [5, 5.41) is 4.39. The van der Waals surface area contributed by atoms with E-state index in [1.54, 1.807) is 0 Å². The van der Waals surface area contributed by atoms with Gasteiger partial charge in [-0.1, -0.05) is 0 Å². The van der Waals surface area contributed by atoms with Crippen molar-refractivity contribution in [3.8, 4) is 0 Å². The molecule has 19 heavy (non-hydrogen) atoms. The van der Waals surface area contributed by atoms with Crippen LogP contribution < -0.4 is 0 Å². The van der Waals surface area contributed by atoms with Crippen LogP contribution in [0.2, 0.25) is 0 Å². The van der Waals surface area contributed by atoms with Gasteiger partial charge < -0.3 is 18.1 Å². The zero-order chi connectivity index (χ0) is 14.0. The van der Waals surface area contributed by atoms with E-state index in [-0.39, 0.29) is 0 Å². The maximum atomic E-state index is 5.49. The van der Waals surface area contributed by atoms with Gasteiger partial charge in [-0.25, -0.2) is 0 Å². The number of hydrogen-bond donors (Lipinski definition) is 0. The summed E-state index contributed by atoms with van der Waals surface area (Å²) >= 11 is 19.3. The third kappa shape index (κ3) is 3.89. The molecule has 0 saturated carbocycles. The molecule has 2 aliphatic heterocycles. The molecular formula is C7H8N2O4P2S4. The van der Waals surface area contributed by atoms with Gasteiger partial charge in [0.1, 0.15) is 0 Å². The second kappa shape index (κ2) is 6.24. The molecule has 2 heterocycles. The van der Waals surface area contributed by atoms with Crippen LogP contribution in [0.3, 0.4) is 0 Å². The Morgan fingerprint density at radius 2 is 1.11 bits per heavy atom. The van der Waals surface area contributed by atoms with Crippen molar-refractivity contribution in [3.05, 3.63) is 0 Å². The summed E-state index contributed by atoms with van der Waals surface area (Å²) in [6.07, 6.45) is 0. The van der Waals surface area contributed by atoms with E-state index in [0.717, 1.165) is 0 Å². The summed E-state index contributed by atoms with van der Waals surface area (Å²) in [4.78, 5) is 0. The lowest BCUT2D eigenvalue weighted by molar-refractivity contribution is -0.0542. The maximum Gasteiger partial charge on any atom is 0.317 e. The molecule has 0 aromatic rings. The molecule has 0 radical (unpaired) electrons. The lowest BCUT2D eigenvalue weighted by Crippen LogP contribution is -2.45. The third-order valence-electron chi connectivity index (χ3n) is 2.46. The van der Waals surface area contributed by atoms with Crippen molar-refractivity contribution >= 4 is 71.7 Å². The maximum absolute atomic E-state index is 5.49. The lowest BCUT2D eigenvalue weighted by atomic mass is 9.93. The highest BCUT2D eigenvalue weighted by Gasteiger charge is 2.46. The zero-order valence-corrected chi connectivity index (χ0v) is 14.4. The molecule has 1 spiro atoms. The van der Waals surface area contributed by atoms with Crippen molar-refractivity contribution in [1.29, 1.82) is 0 Å². The van der Waals surface area contributed by atoms with Gasteiger partial charge in [0.2, 0.25) is 0 Å².